The molecule has 3 nitrogen and oxygen atoms in total. The quantitative estimate of drug-likeness (QED) is 0.517. The van der Waals surface area contributed by atoms with Crippen molar-refractivity contribution in [3.8, 4) is 0 Å². The molecular formula is C5H11NO2. The average molecular weight is 117 g/mol. The van der Waals surface area contributed by atoms with Gasteiger partial charge in [0.25, 0.3) is 6.47 Å². The van der Waals surface area contributed by atoms with Crippen molar-refractivity contribution in [3.05, 3.63) is 0 Å². The molecule has 0 aromatic heterocycles. The van der Waals surface area contributed by atoms with Crippen molar-refractivity contribution >= 4 is 6.47 Å². The Kier molecular flexibility index (Phi) is 4.26. The summed E-state index contributed by atoms with van der Waals surface area (Å²) in [5.74, 6) is 0.278. The van der Waals surface area contributed by atoms with Crippen LogP contribution in [0.25, 0.3) is 0 Å². The monoisotopic (exact) mass is 117 g/mol. The molecule has 0 saturated heterocycles. The summed E-state index contributed by atoms with van der Waals surface area (Å²) in [6.07, 6.45) is 0. The lowest BCUT2D eigenvalue weighted by atomic mass is 10.2. The second-order valence-electron chi connectivity index (χ2n) is 1.77. The first-order valence-electron chi connectivity index (χ1n) is 2.56. The zero-order chi connectivity index (χ0) is 6.41. The van der Waals surface area contributed by atoms with Gasteiger partial charge >= 0.3 is 0 Å². The second-order valence-corrected chi connectivity index (χ2v) is 1.77. The van der Waals surface area contributed by atoms with E-state index in [1.807, 2.05) is 6.92 Å². The molecule has 0 aliphatic heterocycles. The highest BCUT2D eigenvalue weighted by Crippen LogP contribution is 1.88. The van der Waals surface area contributed by atoms with Crippen LogP contribution in [0.5, 0.6) is 0 Å². The molecule has 1 unspecified atom stereocenters. The molecule has 0 aromatic rings. The summed E-state index contributed by atoms with van der Waals surface area (Å²) in [4.78, 5) is 9.56. The van der Waals surface area contributed by atoms with Gasteiger partial charge in [-0.3, -0.25) is 4.79 Å². The Morgan fingerprint density at radius 3 is 2.88 bits per heavy atom. The molecule has 1 atom stereocenters. The summed E-state index contributed by atoms with van der Waals surface area (Å²) in [6.45, 7) is 3.35. The number of carbonyl (C=O) groups is 1. The van der Waals surface area contributed by atoms with Gasteiger partial charge in [-0.1, -0.05) is 6.92 Å². The minimum Gasteiger partial charge on any atom is -0.468 e. The Morgan fingerprint density at radius 2 is 2.50 bits per heavy atom. The highest BCUT2D eigenvalue weighted by Gasteiger charge is 1.95. The van der Waals surface area contributed by atoms with Crippen LogP contribution >= 0.6 is 0 Å². The van der Waals surface area contributed by atoms with E-state index in [2.05, 4.69) is 4.74 Å². The van der Waals surface area contributed by atoms with Gasteiger partial charge in [0.15, 0.2) is 0 Å². The van der Waals surface area contributed by atoms with E-state index in [0.717, 1.165) is 0 Å². The lowest BCUT2D eigenvalue weighted by Gasteiger charge is -2.03. The van der Waals surface area contributed by atoms with Crippen LogP contribution in [0.3, 0.4) is 0 Å². The number of ether oxygens (including phenoxy) is 1. The standard InChI is InChI=1S/C5H11NO2/c1-5(2-6)3-8-4-7/h4-5H,2-3,6H2,1H3. The maximum atomic E-state index is 9.56. The summed E-state index contributed by atoms with van der Waals surface area (Å²) >= 11 is 0. The van der Waals surface area contributed by atoms with Crippen LogP contribution in [0.1, 0.15) is 6.92 Å². The van der Waals surface area contributed by atoms with Gasteiger partial charge in [-0.05, 0) is 6.54 Å². The fraction of sp³-hybridized carbons (Fsp3) is 0.800. The van der Waals surface area contributed by atoms with Gasteiger partial charge in [-0.25, -0.2) is 0 Å². The molecule has 0 spiro atoms. The summed E-state index contributed by atoms with van der Waals surface area (Å²) in [5.41, 5.74) is 5.22. The molecule has 2 N–H and O–H groups in total. The van der Waals surface area contributed by atoms with E-state index in [4.69, 9.17) is 5.73 Å². The van der Waals surface area contributed by atoms with Crippen molar-refractivity contribution in [1.29, 1.82) is 0 Å². The Labute approximate surface area is 48.8 Å². The van der Waals surface area contributed by atoms with E-state index >= 15 is 0 Å². The van der Waals surface area contributed by atoms with Crippen LogP contribution < -0.4 is 5.73 Å². The maximum absolute atomic E-state index is 9.56. The molecule has 0 aromatic carbocycles. The van der Waals surface area contributed by atoms with Gasteiger partial charge in [0.05, 0.1) is 6.61 Å². The van der Waals surface area contributed by atoms with Crippen molar-refractivity contribution in [1.82, 2.24) is 0 Å². The van der Waals surface area contributed by atoms with Crippen molar-refractivity contribution < 1.29 is 9.53 Å². The largest absolute Gasteiger partial charge is 0.468 e. The normalized spacial score (nSPS) is 12.8. The lowest BCUT2D eigenvalue weighted by molar-refractivity contribution is -0.129. The highest BCUT2D eigenvalue weighted by atomic mass is 16.5. The molecule has 0 aliphatic carbocycles. The summed E-state index contributed by atoms with van der Waals surface area (Å²) in [6, 6.07) is 0. The average Bonchev–Trinajstić information content (AvgIpc) is 1.83. The van der Waals surface area contributed by atoms with E-state index in [1.165, 1.54) is 0 Å². The summed E-state index contributed by atoms with van der Waals surface area (Å²) in [7, 11) is 0. The molecule has 3 heteroatoms. The van der Waals surface area contributed by atoms with Crippen molar-refractivity contribution in [3.63, 3.8) is 0 Å². The van der Waals surface area contributed by atoms with Gasteiger partial charge in [0, 0.05) is 5.92 Å². The summed E-state index contributed by atoms with van der Waals surface area (Å²) in [5, 5.41) is 0. The fourth-order valence-electron chi connectivity index (χ4n) is 0.272. The molecule has 0 rings (SSSR count). The lowest BCUT2D eigenvalue weighted by Crippen LogP contribution is -2.15. The predicted molar refractivity (Wildman–Crippen MR) is 30.2 cm³/mol. The first-order valence-corrected chi connectivity index (χ1v) is 2.56. The number of rotatable bonds is 4. The smallest absolute Gasteiger partial charge is 0.293 e. The topological polar surface area (TPSA) is 52.3 Å². The molecule has 0 aliphatic rings. The molecule has 0 heterocycles. The Bertz CT molecular complexity index is 65.4. The number of nitrogens with two attached hydrogens (primary N) is 1. The highest BCUT2D eigenvalue weighted by molar-refractivity contribution is 5.36. The fourth-order valence-corrected chi connectivity index (χ4v) is 0.272. The van der Waals surface area contributed by atoms with Crippen LogP contribution in [0.15, 0.2) is 0 Å². The third-order valence-electron chi connectivity index (χ3n) is 0.851. The van der Waals surface area contributed by atoms with E-state index < -0.39 is 0 Å². The second kappa shape index (κ2) is 4.59. The minimum atomic E-state index is 0.278. The van der Waals surface area contributed by atoms with Gasteiger partial charge in [0.2, 0.25) is 0 Å². The van der Waals surface area contributed by atoms with Crippen LogP contribution in [-0.2, 0) is 9.53 Å². The first kappa shape index (κ1) is 7.43. The van der Waals surface area contributed by atoms with Crippen molar-refractivity contribution in [2.75, 3.05) is 13.2 Å². The Hall–Kier alpha value is -0.570. The van der Waals surface area contributed by atoms with Crippen LogP contribution in [0.4, 0.5) is 0 Å². The maximum Gasteiger partial charge on any atom is 0.293 e. The minimum absolute atomic E-state index is 0.278. The molecule has 8 heavy (non-hydrogen) atoms. The molecule has 0 bridgehead atoms. The van der Waals surface area contributed by atoms with Gasteiger partial charge in [-0.2, -0.15) is 0 Å². The number of hydrogen-bond donors (Lipinski definition) is 1. The Balaban J connectivity index is 2.97. The van der Waals surface area contributed by atoms with E-state index in [1.54, 1.807) is 0 Å². The van der Waals surface area contributed by atoms with Gasteiger partial charge < -0.3 is 10.5 Å². The predicted octanol–water partition coefficient (Wildman–Crippen LogP) is -0.246. The molecule has 0 fully saturated rings. The van der Waals surface area contributed by atoms with Crippen LogP contribution in [0, 0.1) is 5.92 Å². The first-order chi connectivity index (χ1) is 3.81. The SMILES string of the molecule is CC(CN)COC=O. The van der Waals surface area contributed by atoms with Crippen molar-refractivity contribution in [2.45, 2.75) is 6.92 Å². The molecule has 0 saturated carbocycles. The van der Waals surface area contributed by atoms with Crippen LogP contribution in [0.2, 0.25) is 0 Å². The zero-order valence-electron chi connectivity index (χ0n) is 4.96. The van der Waals surface area contributed by atoms with E-state index in [-0.39, 0.29) is 5.92 Å². The molecule has 0 radical (unpaired) electrons. The zero-order valence-corrected chi connectivity index (χ0v) is 4.96. The summed E-state index contributed by atoms with van der Waals surface area (Å²) < 4.78 is 4.43. The Morgan fingerprint density at radius 1 is 1.88 bits per heavy atom. The van der Waals surface area contributed by atoms with Gasteiger partial charge in [-0.15, -0.1) is 0 Å². The third kappa shape index (κ3) is 3.61. The molecule has 0 amide bonds. The third-order valence-corrected chi connectivity index (χ3v) is 0.851. The molecular weight excluding hydrogens is 106 g/mol. The molecule has 48 valence electrons. The van der Waals surface area contributed by atoms with Gasteiger partial charge in [0.1, 0.15) is 0 Å². The van der Waals surface area contributed by atoms with E-state index in [9.17, 15) is 4.79 Å². The van der Waals surface area contributed by atoms with E-state index in [0.29, 0.717) is 19.6 Å². The number of hydrogen-bond acceptors (Lipinski definition) is 3. The number of carbonyl (C=O) groups excluding carboxylic acids is 1. The van der Waals surface area contributed by atoms with Crippen LogP contribution in [-0.4, -0.2) is 19.6 Å². The van der Waals surface area contributed by atoms with Crippen molar-refractivity contribution in [2.24, 2.45) is 11.7 Å².